The van der Waals surface area contributed by atoms with Crippen LogP contribution in [0, 0.1) is 0 Å². The van der Waals surface area contributed by atoms with Crippen molar-refractivity contribution in [1.29, 1.82) is 0 Å². The minimum absolute atomic E-state index is 0.0419. The van der Waals surface area contributed by atoms with Crippen molar-refractivity contribution in [3.05, 3.63) is 54.1 Å². The molecule has 1 aliphatic heterocycles. The van der Waals surface area contributed by atoms with Gasteiger partial charge in [-0.1, -0.05) is 30.3 Å². The number of nitrogens with zero attached hydrogens (tertiary/aromatic N) is 2. The molecule has 4 rings (SSSR count). The van der Waals surface area contributed by atoms with Crippen LogP contribution in [0.15, 0.2) is 48.5 Å². The van der Waals surface area contributed by atoms with E-state index < -0.39 is 10.0 Å². The maximum atomic E-state index is 12.6. The summed E-state index contributed by atoms with van der Waals surface area (Å²) in [4.78, 5) is 2.33. The van der Waals surface area contributed by atoms with Crippen LogP contribution in [0.3, 0.4) is 0 Å². The third-order valence-corrected chi connectivity index (χ3v) is 8.44. The van der Waals surface area contributed by atoms with E-state index in [0.717, 1.165) is 36.4 Å². The molecular weight excluding hydrogens is 424 g/mol. The number of methoxy groups -OCH3 is 1. The molecular formula is C25H34N2O4S. The third kappa shape index (κ3) is 5.21. The van der Waals surface area contributed by atoms with Gasteiger partial charge >= 0.3 is 0 Å². The number of anilines is 1. The lowest BCUT2D eigenvalue weighted by Gasteiger charge is -2.42. The Morgan fingerprint density at radius 3 is 2.44 bits per heavy atom. The van der Waals surface area contributed by atoms with E-state index in [1.54, 1.807) is 18.3 Å². The van der Waals surface area contributed by atoms with Gasteiger partial charge in [0.05, 0.1) is 19.0 Å². The van der Waals surface area contributed by atoms with Crippen LogP contribution in [0.4, 0.5) is 5.69 Å². The highest BCUT2D eigenvalue weighted by atomic mass is 32.2. The summed E-state index contributed by atoms with van der Waals surface area (Å²) >= 11 is 0. The van der Waals surface area contributed by atoms with Crippen LogP contribution in [-0.2, 0) is 16.4 Å². The molecule has 2 fully saturated rings. The van der Waals surface area contributed by atoms with Crippen LogP contribution < -0.4 is 14.4 Å². The highest BCUT2D eigenvalue weighted by Crippen LogP contribution is 2.36. The molecule has 0 radical (unpaired) electrons. The Balaban J connectivity index is 1.62. The summed E-state index contributed by atoms with van der Waals surface area (Å²) in [7, 11) is -1.55. The monoisotopic (exact) mass is 458 g/mol. The van der Waals surface area contributed by atoms with Gasteiger partial charge in [-0.05, 0) is 56.7 Å². The zero-order valence-electron chi connectivity index (χ0n) is 19.1. The summed E-state index contributed by atoms with van der Waals surface area (Å²) in [6, 6.07) is 16.4. The van der Waals surface area contributed by atoms with Crippen molar-refractivity contribution in [2.24, 2.45) is 0 Å². The van der Waals surface area contributed by atoms with Crippen LogP contribution in [-0.4, -0.2) is 57.4 Å². The zero-order chi connectivity index (χ0) is 22.6. The molecule has 7 heteroatoms. The number of sulfonamides is 1. The molecule has 1 aliphatic carbocycles. The molecule has 1 atom stereocenters. The highest BCUT2D eigenvalue weighted by molar-refractivity contribution is 7.89. The maximum Gasteiger partial charge on any atom is 0.213 e. The second kappa shape index (κ2) is 10.1. The maximum absolute atomic E-state index is 12.6. The molecule has 0 bridgehead atoms. The van der Waals surface area contributed by atoms with Gasteiger partial charge in [-0.15, -0.1) is 0 Å². The summed E-state index contributed by atoms with van der Waals surface area (Å²) in [6.45, 7) is 3.33. The van der Waals surface area contributed by atoms with Crippen molar-refractivity contribution in [3.63, 3.8) is 0 Å². The van der Waals surface area contributed by atoms with Gasteiger partial charge < -0.3 is 14.4 Å². The molecule has 174 valence electrons. The van der Waals surface area contributed by atoms with E-state index in [0.29, 0.717) is 19.6 Å². The molecule has 0 amide bonds. The van der Waals surface area contributed by atoms with Gasteiger partial charge in [0.2, 0.25) is 10.0 Å². The molecule has 2 aliphatic rings. The second-order valence-corrected chi connectivity index (χ2v) is 10.9. The van der Waals surface area contributed by atoms with E-state index in [-0.39, 0.29) is 17.9 Å². The standard InChI is InChI=1S/C25H34N2O4S/c1-3-32(28,29)26-15-16-27(22(19-26)17-20-9-5-4-6-10-20)21-13-14-24(30-2)25(18-21)31-23-11-7-8-12-23/h4-6,9-10,13-14,18,22-23H,3,7-8,11-12,15-17,19H2,1-2H3. The molecule has 32 heavy (non-hydrogen) atoms. The zero-order valence-corrected chi connectivity index (χ0v) is 19.9. The molecule has 1 saturated carbocycles. The molecule has 1 saturated heterocycles. The second-order valence-electron chi connectivity index (χ2n) is 8.65. The lowest BCUT2D eigenvalue weighted by atomic mass is 10.0. The van der Waals surface area contributed by atoms with Gasteiger partial charge in [-0.2, -0.15) is 4.31 Å². The Morgan fingerprint density at radius 2 is 1.75 bits per heavy atom. The van der Waals surface area contributed by atoms with Crippen LogP contribution in [0.1, 0.15) is 38.2 Å². The normalized spacial score (nSPS) is 20.4. The summed E-state index contributed by atoms with van der Waals surface area (Å²) in [6.07, 6.45) is 5.60. The molecule has 0 N–H and O–H groups in total. The smallest absolute Gasteiger partial charge is 0.213 e. The van der Waals surface area contributed by atoms with Crippen molar-refractivity contribution in [2.75, 3.05) is 37.4 Å². The molecule has 0 spiro atoms. The van der Waals surface area contributed by atoms with Crippen LogP contribution in [0.2, 0.25) is 0 Å². The van der Waals surface area contributed by atoms with E-state index in [1.165, 1.54) is 18.4 Å². The molecule has 1 unspecified atom stereocenters. The number of ether oxygens (including phenoxy) is 2. The van der Waals surface area contributed by atoms with Crippen molar-refractivity contribution in [3.8, 4) is 11.5 Å². The lowest BCUT2D eigenvalue weighted by Crippen LogP contribution is -2.56. The first-order chi connectivity index (χ1) is 15.5. The number of rotatable bonds is 8. The van der Waals surface area contributed by atoms with Crippen molar-refractivity contribution >= 4 is 15.7 Å². The van der Waals surface area contributed by atoms with Crippen LogP contribution >= 0.6 is 0 Å². The summed E-state index contributed by atoms with van der Waals surface area (Å²) in [5, 5.41) is 0. The Labute approximate surface area is 192 Å². The number of piperazine rings is 1. The first kappa shape index (κ1) is 22.9. The van der Waals surface area contributed by atoms with E-state index in [9.17, 15) is 8.42 Å². The molecule has 2 aromatic rings. The van der Waals surface area contributed by atoms with E-state index in [4.69, 9.17) is 9.47 Å². The lowest BCUT2D eigenvalue weighted by molar-refractivity contribution is 0.200. The van der Waals surface area contributed by atoms with Gasteiger partial charge in [0, 0.05) is 37.4 Å². The number of hydrogen-bond donors (Lipinski definition) is 0. The number of hydrogen-bond acceptors (Lipinski definition) is 5. The van der Waals surface area contributed by atoms with Gasteiger partial charge in [0.1, 0.15) is 0 Å². The van der Waals surface area contributed by atoms with Gasteiger partial charge in [0.15, 0.2) is 11.5 Å². The van der Waals surface area contributed by atoms with E-state index >= 15 is 0 Å². The predicted octanol–water partition coefficient (Wildman–Crippen LogP) is 4.10. The Morgan fingerprint density at radius 1 is 1.00 bits per heavy atom. The fourth-order valence-corrected chi connectivity index (χ4v) is 5.91. The first-order valence-corrected chi connectivity index (χ1v) is 13.2. The van der Waals surface area contributed by atoms with E-state index in [2.05, 4.69) is 29.2 Å². The van der Waals surface area contributed by atoms with Crippen molar-refractivity contribution < 1.29 is 17.9 Å². The average molecular weight is 459 g/mol. The predicted molar refractivity (Wildman–Crippen MR) is 128 cm³/mol. The average Bonchev–Trinajstić information content (AvgIpc) is 3.33. The van der Waals surface area contributed by atoms with Crippen LogP contribution in [0.5, 0.6) is 11.5 Å². The van der Waals surface area contributed by atoms with E-state index in [1.807, 2.05) is 24.3 Å². The quantitative estimate of drug-likeness (QED) is 0.596. The van der Waals surface area contributed by atoms with Gasteiger partial charge in [-0.3, -0.25) is 0 Å². The summed E-state index contributed by atoms with van der Waals surface area (Å²) in [5.74, 6) is 1.65. The molecule has 1 heterocycles. The molecule has 0 aromatic heterocycles. The molecule has 6 nitrogen and oxygen atoms in total. The fraction of sp³-hybridized carbons (Fsp3) is 0.520. The minimum atomic E-state index is -3.22. The van der Waals surface area contributed by atoms with Crippen molar-refractivity contribution in [1.82, 2.24) is 4.31 Å². The summed E-state index contributed by atoms with van der Waals surface area (Å²) < 4.78 is 38.7. The Hall–Kier alpha value is -2.25. The van der Waals surface area contributed by atoms with Crippen LogP contribution in [0.25, 0.3) is 0 Å². The number of benzene rings is 2. The Kier molecular flexibility index (Phi) is 7.26. The topological polar surface area (TPSA) is 59.1 Å². The van der Waals surface area contributed by atoms with Gasteiger partial charge in [-0.25, -0.2) is 8.42 Å². The van der Waals surface area contributed by atoms with Crippen molar-refractivity contribution in [2.45, 2.75) is 51.2 Å². The minimum Gasteiger partial charge on any atom is -0.493 e. The SMILES string of the molecule is CCS(=O)(=O)N1CCN(c2ccc(OC)c(OC3CCCC3)c2)C(Cc2ccccc2)C1. The highest BCUT2D eigenvalue weighted by Gasteiger charge is 2.33. The van der Waals surface area contributed by atoms with Gasteiger partial charge in [0.25, 0.3) is 0 Å². The summed E-state index contributed by atoms with van der Waals surface area (Å²) in [5.41, 5.74) is 2.25. The largest absolute Gasteiger partial charge is 0.493 e. The first-order valence-electron chi connectivity index (χ1n) is 11.6. The third-order valence-electron chi connectivity index (χ3n) is 6.59. The fourth-order valence-electron chi connectivity index (χ4n) is 4.78. The molecule has 2 aromatic carbocycles. The Bertz CT molecular complexity index is 990.